The Labute approximate surface area is 328 Å². The van der Waals surface area contributed by atoms with Crippen molar-refractivity contribution in [2.45, 2.75) is 172 Å². The summed E-state index contributed by atoms with van der Waals surface area (Å²) in [6.45, 7) is 15.5. The summed E-state index contributed by atoms with van der Waals surface area (Å²) in [4.78, 5) is 55.6. The topological polar surface area (TPSA) is 219 Å². The number of carbonyl (C=O) groups excluding carboxylic acids is 4. The maximum Gasteiger partial charge on any atom is 0.338 e. The van der Waals surface area contributed by atoms with Crippen LogP contribution in [0.4, 0.5) is 0 Å². The monoisotopic (exact) mass is 793 g/mol. The van der Waals surface area contributed by atoms with E-state index in [-0.39, 0.29) is 31.7 Å². The summed E-state index contributed by atoms with van der Waals surface area (Å²) in [5.41, 5.74) is -8.37. The minimum Gasteiger partial charge on any atom is -0.458 e. The molecule has 1 spiro atoms. The molecule has 3 aliphatic heterocycles. The highest BCUT2D eigenvalue weighted by atomic mass is 16.7. The number of piperidine rings is 2. The number of nitrogens with zero attached hydrogens (tertiary/aromatic N) is 1. The van der Waals surface area contributed by atoms with E-state index in [4.69, 9.17) is 23.7 Å². The van der Waals surface area contributed by atoms with Crippen LogP contribution >= 0.6 is 0 Å². The second-order valence-corrected chi connectivity index (χ2v) is 19.2. The van der Waals surface area contributed by atoms with Crippen LogP contribution in [0.5, 0.6) is 0 Å². The number of esters is 4. The predicted octanol–water partition coefficient (Wildman–Crippen LogP) is 1.61. The third kappa shape index (κ3) is 5.60. The quantitative estimate of drug-likeness (QED) is 0.174. The van der Waals surface area contributed by atoms with Gasteiger partial charge in [-0.25, -0.2) is 4.79 Å². The molecule has 0 aromatic heterocycles. The van der Waals surface area contributed by atoms with E-state index in [0.29, 0.717) is 31.8 Å². The number of fused-ring (bicyclic) bond motifs is 5. The van der Waals surface area contributed by atoms with Crippen molar-refractivity contribution in [3.8, 4) is 0 Å². The summed E-state index contributed by atoms with van der Waals surface area (Å²) < 4.78 is 31.3. The van der Waals surface area contributed by atoms with Gasteiger partial charge in [-0.3, -0.25) is 19.3 Å². The van der Waals surface area contributed by atoms with Gasteiger partial charge in [0.25, 0.3) is 0 Å². The number of hydrogen-bond acceptors (Lipinski definition) is 15. The van der Waals surface area contributed by atoms with Crippen LogP contribution in [0.2, 0.25) is 0 Å². The highest BCUT2D eigenvalue weighted by molar-refractivity contribution is 5.79. The van der Waals surface area contributed by atoms with Crippen molar-refractivity contribution in [2.24, 2.45) is 46.8 Å². The van der Waals surface area contributed by atoms with Crippen LogP contribution in [0.1, 0.15) is 107 Å². The Balaban J connectivity index is 1.45. The van der Waals surface area contributed by atoms with Crippen molar-refractivity contribution < 1.29 is 68.4 Å². The van der Waals surface area contributed by atoms with Gasteiger partial charge in [-0.1, -0.05) is 34.6 Å². The van der Waals surface area contributed by atoms with Gasteiger partial charge in [0, 0.05) is 44.3 Å². The smallest absolute Gasteiger partial charge is 0.338 e. The van der Waals surface area contributed by atoms with Gasteiger partial charge in [0.15, 0.2) is 17.8 Å². The number of rotatable bonds is 8. The summed E-state index contributed by atoms with van der Waals surface area (Å²) in [5.74, 6) is -10.8. The Hall–Kier alpha value is -2.40. The van der Waals surface area contributed by atoms with Crippen LogP contribution in [-0.2, 0) is 42.9 Å². The molecule has 0 radical (unpaired) electrons. The first-order valence-electron chi connectivity index (χ1n) is 20.7. The van der Waals surface area contributed by atoms with Crippen molar-refractivity contribution in [3.05, 3.63) is 0 Å². The van der Waals surface area contributed by atoms with E-state index in [1.165, 1.54) is 20.8 Å². The fraction of sp³-hybridized carbons (Fsp3) is 0.902. The van der Waals surface area contributed by atoms with E-state index in [1.807, 2.05) is 13.8 Å². The van der Waals surface area contributed by atoms with Gasteiger partial charge in [-0.15, -0.1) is 0 Å². The molecule has 5 N–H and O–H groups in total. The fourth-order valence-corrected chi connectivity index (χ4v) is 13.1. The number of hydrogen-bond donors (Lipinski definition) is 5. The van der Waals surface area contributed by atoms with E-state index in [9.17, 15) is 44.7 Å². The average molecular weight is 794 g/mol. The Morgan fingerprint density at radius 2 is 1.55 bits per heavy atom. The van der Waals surface area contributed by atoms with Gasteiger partial charge in [-0.05, 0) is 76.5 Å². The molecule has 0 aromatic rings. The molecule has 0 amide bonds. The van der Waals surface area contributed by atoms with Crippen LogP contribution in [0.3, 0.4) is 0 Å². The maximum absolute atomic E-state index is 13.9. The van der Waals surface area contributed by atoms with Crippen LogP contribution in [-0.4, -0.2) is 132 Å². The van der Waals surface area contributed by atoms with Crippen molar-refractivity contribution in [2.75, 3.05) is 13.1 Å². The van der Waals surface area contributed by atoms with Gasteiger partial charge in [0.1, 0.15) is 17.8 Å². The molecule has 4 aliphatic carbocycles. The standard InChI is InChI=1S/C41H63NO14/c1-10-20(4)34(46)55-33-28(45)27-23(18-42-17-19(3)12-13-25(42)38(27,9)49)24-16-39-32(40(24,33)50)30(53-22(6)44)29(52-21(5)43)31-36(39,7)15-14-26(41(31,51)56-39)54-35(47)37(8,48)11-2/h19-20,23-33,45,48-51H,10-18H2,1-9H3/t19-,20+,23-,24-,25-,26-,27+,28+,29-,30+,31-,32+,33-,36-,37-,38+,39+,40-,41+/m0/s1. The lowest BCUT2D eigenvalue weighted by atomic mass is 9.48. The highest BCUT2D eigenvalue weighted by Gasteiger charge is 2.90. The van der Waals surface area contributed by atoms with Gasteiger partial charge in [-0.2, -0.15) is 0 Å². The van der Waals surface area contributed by atoms with Gasteiger partial charge in [0.2, 0.25) is 5.79 Å². The molecule has 4 bridgehead atoms. The number of aliphatic hydroxyl groups is 5. The highest BCUT2D eigenvalue weighted by Crippen LogP contribution is 2.78. The van der Waals surface area contributed by atoms with E-state index >= 15 is 0 Å². The molecule has 7 rings (SSSR count). The minimum atomic E-state index is -2.38. The first-order chi connectivity index (χ1) is 26.0. The lowest BCUT2D eigenvalue weighted by molar-refractivity contribution is -0.301. The zero-order valence-corrected chi connectivity index (χ0v) is 34.2. The Morgan fingerprint density at radius 1 is 0.929 bits per heavy atom. The largest absolute Gasteiger partial charge is 0.458 e. The first kappa shape index (κ1) is 41.7. The van der Waals surface area contributed by atoms with Crippen LogP contribution < -0.4 is 0 Å². The van der Waals surface area contributed by atoms with E-state index in [1.54, 1.807) is 20.8 Å². The molecule has 19 atom stereocenters. The molecule has 7 fully saturated rings. The van der Waals surface area contributed by atoms with Crippen LogP contribution in [0.25, 0.3) is 0 Å². The number of ether oxygens (including phenoxy) is 5. The predicted molar refractivity (Wildman–Crippen MR) is 195 cm³/mol. The van der Waals surface area contributed by atoms with Crippen LogP contribution in [0, 0.1) is 46.8 Å². The molecular weight excluding hydrogens is 730 g/mol. The molecule has 56 heavy (non-hydrogen) atoms. The first-order valence-corrected chi connectivity index (χ1v) is 20.7. The fourth-order valence-electron chi connectivity index (χ4n) is 13.1. The second kappa shape index (κ2) is 13.6. The number of carbonyl (C=O) groups is 4. The molecule has 3 heterocycles. The van der Waals surface area contributed by atoms with Gasteiger partial charge >= 0.3 is 23.9 Å². The summed E-state index contributed by atoms with van der Waals surface area (Å²) in [5, 5.41) is 62.9. The molecule has 0 aromatic carbocycles. The second-order valence-electron chi connectivity index (χ2n) is 19.2. The summed E-state index contributed by atoms with van der Waals surface area (Å²) in [6.07, 6.45) is -5.31. The van der Waals surface area contributed by atoms with Crippen molar-refractivity contribution >= 4 is 23.9 Å². The van der Waals surface area contributed by atoms with E-state index in [0.717, 1.165) is 6.42 Å². The Bertz CT molecular complexity index is 1620. The Morgan fingerprint density at radius 3 is 2.14 bits per heavy atom. The van der Waals surface area contributed by atoms with Crippen molar-refractivity contribution in [1.29, 1.82) is 0 Å². The molecule has 316 valence electrons. The van der Waals surface area contributed by atoms with E-state index in [2.05, 4.69) is 11.8 Å². The minimum absolute atomic E-state index is 0.0107. The normalized spacial score (nSPS) is 50.5. The SMILES string of the molecule is CC[C@@H](C)C(=O)O[C@H]1[C@H](O)[C@H]2[C@@H](CN3C[C@@H](C)CC[C@H]3[C@@]2(C)O)[C@@H]2C[C@]34O[C@]5(O)[C@@H](OC(=O)[C@@](C)(O)CC)CC[C@@]3(C)[C@@H]5[C@@H](OC(C)=O)[C@@H](OC(C)=O)[C@H]4[C@@]21O. The zero-order valence-electron chi connectivity index (χ0n) is 34.2. The average Bonchev–Trinajstić information content (AvgIpc) is 3.40. The lowest BCUT2D eigenvalue weighted by Crippen LogP contribution is -2.78. The number of aliphatic hydroxyl groups excluding tert-OH is 1. The zero-order chi connectivity index (χ0) is 41.3. The van der Waals surface area contributed by atoms with Gasteiger partial charge in [0.05, 0.1) is 35.1 Å². The molecule has 7 aliphatic rings. The van der Waals surface area contributed by atoms with E-state index < -0.39 is 124 Å². The molecular formula is C41H63NO14. The summed E-state index contributed by atoms with van der Waals surface area (Å²) >= 11 is 0. The van der Waals surface area contributed by atoms with Crippen LogP contribution in [0.15, 0.2) is 0 Å². The third-order valence-electron chi connectivity index (χ3n) is 16.0. The van der Waals surface area contributed by atoms with Crippen molar-refractivity contribution in [3.63, 3.8) is 0 Å². The maximum atomic E-state index is 13.9. The molecule has 0 unspecified atom stereocenters. The Kier molecular flexibility index (Phi) is 10.1. The summed E-state index contributed by atoms with van der Waals surface area (Å²) in [7, 11) is 0. The lowest BCUT2D eigenvalue weighted by Gasteiger charge is -2.64. The summed E-state index contributed by atoms with van der Waals surface area (Å²) in [6, 6.07) is -0.309. The molecule has 15 heteroatoms. The molecule has 15 nitrogen and oxygen atoms in total. The molecule has 3 saturated heterocycles. The van der Waals surface area contributed by atoms with Crippen molar-refractivity contribution in [1.82, 2.24) is 4.90 Å². The van der Waals surface area contributed by atoms with Gasteiger partial charge < -0.3 is 49.2 Å². The third-order valence-corrected chi connectivity index (χ3v) is 16.0. The molecule has 4 saturated carbocycles.